The van der Waals surface area contributed by atoms with E-state index in [4.69, 9.17) is 11.6 Å². The number of rotatable bonds is 7. The molecule has 2 atom stereocenters. The summed E-state index contributed by atoms with van der Waals surface area (Å²) in [5.74, 6) is 0.303. The lowest BCUT2D eigenvalue weighted by Crippen LogP contribution is -2.60. The van der Waals surface area contributed by atoms with Gasteiger partial charge in [0.2, 0.25) is 5.91 Å². The van der Waals surface area contributed by atoms with E-state index in [1.54, 1.807) is 12.1 Å². The predicted octanol–water partition coefficient (Wildman–Crippen LogP) is 4.27. The molecule has 0 aromatic heterocycles. The zero-order valence-corrected chi connectivity index (χ0v) is 19.9. The van der Waals surface area contributed by atoms with Crippen LogP contribution in [0.15, 0.2) is 42.5 Å². The van der Waals surface area contributed by atoms with E-state index in [0.29, 0.717) is 18.9 Å². The second kappa shape index (κ2) is 10.1. The second-order valence-corrected chi connectivity index (χ2v) is 9.91. The van der Waals surface area contributed by atoms with Crippen LogP contribution in [-0.2, 0) is 17.8 Å². The molecular weight excluding hydrogens is 440 g/mol. The normalized spacial score (nSPS) is 20.3. The molecule has 4 rings (SSSR count). The lowest BCUT2D eigenvalue weighted by atomic mass is 9.83. The molecule has 2 aliphatic heterocycles. The second-order valence-electron chi connectivity index (χ2n) is 9.48. The van der Waals surface area contributed by atoms with Gasteiger partial charge in [-0.1, -0.05) is 37.6 Å². The van der Waals surface area contributed by atoms with E-state index in [1.807, 2.05) is 30.3 Å². The number of hydrogen-bond acceptors (Lipinski definition) is 5. The van der Waals surface area contributed by atoms with E-state index in [2.05, 4.69) is 29.0 Å². The number of carbonyl (C=O) groups excluding carboxylic acids is 1. The molecule has 0 radical (unpaired) electrons. The first-order chi connectivity index (χ1) is 15.8. The first kappa shape index (κ1) is 23.5. The summed E-state index contributed by atoms with van der Waals surface area (Å²) in [5.41, 5.74) is 3.17. The summed E-state index contributed by atoms with van der Waals surface area (Å²) in [5, 5.41) is 15.2. The molecule has 0 spiro atoms. The summed E-state index contributed by atoms with van der Waals surface area (Å²) in [6, 6.07) is 13.0. The number of nitrogens with zero attached hydrogens (tertiary/aromatic N) is 3. The van der Waals surface area contributed by atoms with Gasteiger partial charge in [-0.25, -0.2) is 0 Å². The Balaban J connectivity index is 1.56. The van der Waals surface area contributed by atoms with E-state index in [-0.39, 0.29) is 28.5 Å². The van der Waals surface area contributed by atoms with E-state index < -0.39 is 0 Å². The Morgan fingerprint density at radius 2 is 1.97 bits per heavy atom. The van der Waals surface area contributed by atoms with Gasteiger partial charge in [0, 0.05) is 55.6 Å². The standard InChI is InChI=1S/C25H31ClN4O3/c1-17(2)9-10-27-25(31)22-14-19-13-21(30(32)33)7-8-23(19)29-12-11-28(16-24(22)29)15-18-3-5-20(26)6-4-18/h3-8,13,17,22,24H,9-12,14-16H2,1-2H3,(H,27,31)/t22-,24-/m1/s1. The molecule has 1 N–H and O–H groups in total. The molecule has 0 aliphatic carbocycles. The van der Waals surface area contributed by atoms with Crippen molar-refractivity contribution in [3.63, 3.8) is 0 Å². The number of nitrogens with one attached hydrogen (secondary N) is 1. The van der Waals surface area contributed by atoms with Crippen LogP contribution in [0.25, 0.3) is 0 Å². The molecule has 0 bridgehead atoms. The van der Waals surface area contributed by atoms with Crippen molar-refractivity contribution in [3.8, 4) is 0 Å². The number of fused-ring (bicyclic) bond motifs is 3. The van der Waals surface area contributed by atoms with Crippen molar-refractivity contribution in [1.29, 1.82) is 0 Å². The maximum atomic E-state index is 13.3. The van der Waals surface area contributed by atoms with Crippen LogP contribution in [0.3, 0.4) is 0 Å². The van der Waals surface area contributed by atoms with Gasteiger partial charge in [0.25, 0.3) is 5.69 Å². The van der Waals surface area contributed by atoms with Crippen molar-refractivity contribution in [2.24, 2.45) is 11.8 Å². The van der Waals surface area contributed by atoms with Crippen LogP contribution >= 0.6 is 11.6 Å². The number of amides is 1. The van der Waals surface area contributed by atoms with Crippen molar-refractivity contribution < 1.29 is 9.72 Å². The smallest absolute Gasteiger partial charge is 0.269 e. The van der Waals surface area contributed by atoms with Crippen molar-refractivity contribution >= 4 is 28.9 Å². The van der Waals surface area contributed by atoms with E-state index in [0.717, 1.165) is 48.9 Å². The van der Waals surface area contributed by atoms with Crippen LogP contribution in [0.4, 0.5) is 11.4 Å². The molecule has 1 fully saturated rings. The average Bonchev–Trinajstić information content (AvgIpc) is 2.79. The zero-order valence-electron chi connectivity index (χ0n) is 19.2. The van der Waals surface area contributed by atoms with E-state index in [9.17, 15) is 14.9 Å². The van der Waals surface area contributed by atoms with Crippen LogP contribution in [0, 0.1) is 22.0 Å². The molecule has 2 aromatic carbocycles. The van der Waals surface area contributed by atoms with Crippen molar-refractivity contribution in [2.45, 2.75) is 39.3 Å². The largest absolute Gasteiger partial charge is 0.365 e. The Hall–Kier alpha value is -2.64. The highest BCUT2D eigenvalue weighted by molar-refractivity contribution is 6.30. The summed E-state index contributed by atoms with van der Waals surface area (Å²) < 4.78 is 0. The predicted molar refractivity (Wildman–Crippen MR) is 131 cm³/mol. The molecule has 0 unspecified atom stereocenters. The fourth-order valence-corrected chi connectivity index (χ4v) is 5.02. The molecule has 2 aliphatic rings. The lowest BCUT2D eigenvalue weighted by Gasteiger charge is -2.49. The number of carbonyl (C=O) groups is 1. The Bertz CT molecular complexity index is 1010. The van der Waals surface area contributed by atoms with Crippen LogP contribution in [0.5, 0.6) is 0 Å². The van der Waals surface area contributed by atoms with Gasteiger partial charge in [-0.2, -0.15) is 0 Å². The van der Waals surface area contributed by atoms with Gasteiger partial charge in [0.05, 0.1) is 16.9 Å². The molecule has 33 heavy (non-hydrogen) atoms. The number of non-ortho nitro benzene ring substituents is 1. The molecular formula is C25H31ClN4O3. The van der Waals surface area contributed by atoms with E-state index in [1.165, 1.54) is 5.56 Å². The highest BCUT2D eigenvalue weighted by Gasteiger charge is 2.41. The van der Waals surface area contributed by atoms with Crippen molar-refractivity contribution in [1.82, 2.24) is 10.2 Å². The highest BCUT2D eigenvalue weighted by Crippen LogP contribution is 2.38. The van der Waals surface area contributed by atoms with Crippen molar-refractivity contribution in [2.75, 3.05) is 31.1 Å². The molecule has 2 heterocycles. The third kappa shape index (κ3) is 5.47. The molecule has 8 heteroatoms. The van der Waals surface area contributed by atoms with Gasteiger partial charge in [-0.3, -0.25) is 19.8 Å². The molecule has 176 valence electrons. The fourth-order valence-electron chi connectivity index (χ4n) is 4.89. The molecule has 2 aromatic rings. The maximum absolute atomic E-state index is 13.3. The minimum atomic E-state index is -0.367. The number of hydrogen-bond donors (Lipinski definition) is 1. The fraction of sp³-hybridized carbons (Fsp3) is 0.480. The topological polar surface area (TPSA) is 78.7 Å². The minimum Gasteiger partial charge on any atom is -0.365 e. The summed E-state index contributed by atoms with van der Waals surface area (Å²) in [7, 11) is 0. The number of piperazine rings is 1. The summed E-state index contributed by atoms with van der Waals surface area (Å²) in [4.78, 5) is 28.9. The van der Waals surface area contributed by atoms with Crippen LogP contribution in [0.2, 0.25) is 5.02 Å². The minimum absolute atomic E-state index is 0.0269. The Kier molecular flexibility index (Phi) is 7.20. The third-order valence-corrected chi connectivity index (χ3v) is 6.92. The van der Waals surface area contributed by atoms with Gasteiger partial charge in [-0.15, -0.1) is 0 Å². The molecule has 1 amide bonds. The zero-order chi connectivity index (χ0) is 23.5. The SMILES string of the molecule is CC(C)CCNC(=O)[C@@H]1Cc2cc([N+](=O)[O-])ccc2N2CCN(Cc3ccc(Cl)cc3)C[C@H]12. The highest BCUT2D eigenvalue weighted by atomic mass is 35.5. The first-order valence-electron chi connectivity index (χ1n) is 11.6. The molecule has 0 saturated carbocycles. The number of anilines is 1. The lowest BCUT2D eigenvalue weighted by molar-refractivity contribution is -0.384. The van der Waals surface area contributed by atoms with Gasteiger partial charge in [0.1, 0.15) is 0 Å². The maximum Gasteiger partial charge on any atom is 0.269 e. The molecule has 1 saturated heterocycles. The third-order valence-electron chi connectivity index (χ3n) is 6.67. The number of nitro benzene ring substituents is 1. The van der Waals surface area contributed by atoms with Crippen molar-refractivity contribution in [3.05, 3.63) is 68.7 Å². The Labute approximate surface area is 199 Å². The Morgan fingerprint density at radius 3 is 2.67 bits per heavy atom. The monoisotopic (exact) mass is 470 g/mol. The summed E-state index contributed by atoms with van der Waals surface area (Å²) in [6.45, 7) is 8.13. The van der Waals surface area contributed by atoms with Crippen LogP contribution < -0.4 is 10.2 Å². The summed E-state index contributed by atoms with van der Waals surface area (Å²) >= 11 is 6.03. The number of halogens is 1. The van der Waals surface area contributed by atoms with Gasteiger partial charge in [0.15, 0.2) is 0 Å². The quantitative estimate of drug-likeness (QED) is 0.482. The van der Waals surface area contributed by atoms with Gasteiger partial charge >= 0.3 is 0 Å². The first-order valence-corrected chi connectivity index (χ1v) is 12.0. The molecule has 7 nitrogen and oxygen atoms in total. The number of nitro groups is 1. The van der Waals surface area contributed by atoms with Crippen LogP contribution in [-0.4, -0.2) is 48.0 Å². The van der Waals surface area contributed by atoms with Gasteiger partial charge in [-0.05, 0) is 48.1 Å². The summed E-state index contributed by atoms with van der Waals surface area (Å²) in [6.07, 6.45) is 1.44. The number of benzene rings is 2. The van der Waals surface area contributed by atoms with Crippen LogP contribution in [0.1, 0.15) is 31.4 Å². The average molecular weight is 471 g/mol. The Morgan fingerprint density at radius 1 is 1.21 bits per heavy atom. The van der Waals surface area contributed by atoms with Gasteiger partial charge < -0.3 is 10.2 Å². The van der Waals surface area contributed by atoms with E-state index >= 15 is 0 Å².